The number of hydrogen-bond acceptors (Lipinski definition) is 7. The van der Waals surface area contributed by atoms with E-state index in [4.69, 9.17) is 9.15 Å². The lowest BCUT2D eigenvalue weighted by Gasteiger charge is -2.33. The van der Waals surface area contributed by atoms with Crippen molar-refractivity contribution in [3.63, 3.8) is 0 Å². The van der Waals surface area contributed by atoms with Gasteiger partial charge in [-0.15, -0.1) is 5.10 Å². The van der Waals surface area contributed by atoms with E-state index in [1.54, 1.807) is 13.4 Å². The summed E-state index contributed by atoms with van der Waals surface area (Å²) in [6.45, 7) is 5.29. The summed E-state index contributed by atoms with van der Waals surface area (Å²) < 4.78 is 13.1. The van der Waals surface area contributed by atoms with E-state index in [1.807, 2.05) is 41.1 Å². The van der Waals surface area contributed by atoms with Crippen LogP contribution in [0.15, 0.2) is 51.9 Å². The van der Waals surface area contributed by atoms with Crippen molar-refractivity contribution in [3.8, 4) is 5.75 Å². The van der Waals surface area contributed by atoms with Gasteiger partial charge in [0.25, 0.3) is 5.56 Å². The maximum atomic E-state index is 13.1. The summed E-state index contributed by atoms with van der Waals surface area (Å²) >= 11 is 0. The van der Waals surface area contributed by atoms with E-state index in [2.05, 4.69) is 39.3 Å². The van der Waals surface area contributed by atoms with E-state index in [0.29, 0.717) is 24.7 Å². The molecule has 9 nitrogen and oxygen atoms in total. The van der Waals surface area contributed by atoms with Crippen molar-refractivity contribution in [1.82, 2.24) is 30.1 Å². The van der Waals surface area contributed by atoms with Crippen LogP contribution >= 0.6 is 0 Å². The van der Waals surface area contributed by atoms with Crippen molar-refractivity contribution < 1.29 is 9.15 Å². The Morgan fingerprint density at radius 2 is 2.03 bits per heavy atom. The van der Waals surface area contributed by atoms with Crippen molar-refractivity contribution in [2.75, 3.05) is 7.11 Å². The number of tetrazole rings is 1. The van der Waals surface area contributed by atoms with Gasteiger partial charge in [0.05, 0.1) is 32.0 Å². The zero-order valence-corrected chi connectivity index (χ0v) is 20.5. The van der Waals surface area contributed by atoms with E-state index in [9.17, 15) is 4.79 Å². The van der Waals surface area contributed by atoms with Gasteiger partial charge in [0.1, 0.15) is 11.5 Å². The van der Waals surface area contributed by atoms with Crippen LogP contribution in [0.3, 0.4) is 0 Å². The Morgan fingerprint density at radius 3 is 2.74 bits per heavy atom. The second-order valence-electron chi connectivity index (χ2n) is 9.67. The van der Waals surface area contributed by atoms with Gasteiger partial charge in [0, 0.05) is 23.0 Å². The lowest BCUT2D eigenvalue weighted by molar-refractivity contribution is 0.114. The fraction of sp³-hybridized carbons (Fsp3) is 0.462. The molecule has 1 atom stereocenters. The van der Waals surface area contributed by atoms with Gasteiger partial charge in [-0.2, -0.15) is 0 Å². The SMILES string of the molecule is COc1ccc2[nH]c(=O)c(CN(Cc3ccco3)[C@@H](c3nnnn3C3CCCC3)C(C)C)cc2c1. The fourth-order valence-electron chi connectivity index (χ4n) is 5.24. The Hall–Kier alpha value is -3.46. The van der Waals surface area contributed by atoms with Crippen molar-refractivity contribution in [2.45, 2.75) is 64.7 Å². The molecule has 4 aromatic rings. The third kappa shape index (κ3) is 4.86. The molecule has 1 aliphatic carbocycles. The molecule has 1 aromatic carbocycles. The summed E-state index contributed by atoms with van der Waals surface area (Å²) in [7, 11) is 1.64. The molecule has 184 valence electrons. The van der Waals surface area contributed by atoms with Crippen LogP contribution in [-0.4, -0.2) is 37.2 Å². The number of hydrogen-bond donors (Lipinski definition) is 1. The Bertz CT molecular complexity index is 1320. The predicted octanol–water partition coefficient (Wildman–Crippen LogP) is 4.63. The van der Waals surface area contributed by atoms with Gasteiger partial charge in [-0.25, -0.2) is 4.68 Å². The topological polar surface area (TPSA) is 102 Å². The first-order valence-corrected chi connectivity index (χ1v) is 12.3. The highest BCUT2D eigenvalue weighted by Crippen LogP contribution is 2.35. The molecule has 5 rings (SSSR count). The van der Waals surface area contributed by atoms with Crippen LogP contribution in [0.5, 0.6) is 5.75 Å². The van der Waals surface area contributed by atoms with Gasteiger partial charge < -0.3 is 14.1 Å². The molecule has 0 bridgehead atoms. The van der Waals surface area contributed by atoms with E-state index < -0.39 is 0 Å². The maximum absolute atomic E-state index is 13.1. The molecular weight excluding hydrogens is 444 g/mol. The zero-order chi connectivity index (χ0) is 24.4. The molecular formula is C26H32N6O3. The third-order valence-corrected chi connectivity index (χ3v) is 6.92. The van der Waals surface area contributed by atoms with E-state index >= 15 is 0 Å². The first kappa shape index (κ1) is 23.3. The fourth-order valence-corrected chi connectivity index (χ4v) is 5.24. The molecule has 0 saturated heterocycles. The Balaban J connectivity index is 1.55. The van der Waals surface area contributed by atoms with Gasteiger partial charge in [-0.05, 0) is 65.6 Å². The summed E-state index contributed by atoms with van der Waals surface area (Å²) in [6.07, 6.45) is 6.25. The molecule has 0 unspecified atom stereocenters. The number of nitrogens with zero attached hydrogens (tertiary/aromatic N) is 5. The second kappa shape index (κ2) is 10.0. The number of rotatable bonds is 9. The highest BCUT2D eigenvalue weighted by Gasteiger charge is 2.33. The number of benzene rings is 1. The molecule has 35 heavy (non-hydrogen) atoms. The van der Waals surface area contributed by atoms with Crippen LogP contribution in [0.4, 0.5) is 0 Å². The van der Waals surface area contributed by atoms with Crippen LogP contribution in [0.1, 0.15) is 68.8 Å². The smallest absolute Gasteiger partial charge is 0.252 e. The molecule has 0 radical (unpaired) electrons. The molecule has 0 amide bonds. The van der Waals surface area contributed by atoms with E-state index in [1.165, 1.54) is 12.8 Å². The number of aromatic nitrogens is 5. The maximum Gasteiger partial charge on any atom is 0.252 e. The Labute approximate surface area is 204 Å². The first-order chi connectivity index (χ1) is 17.0. The van der Waals surface area contributed by atoms with Gasteiger partial charge in [-0.1, -0.05) is 26.7 Å². The minimum Gasteiger partial charge on any atom is -0.497 e. The number of H-pyrrole nitrogens is 1. The highest BCUT2D eigenvalue weighted by molar-refractivity contribution is 5.80. The van der Waals surface area contributed by atoms with Crippen LogP contribution in [0, 0.1) is 5.92 Å². The summed E-state index contributed by atoms with van der Waals surface area (Å²) in [5.41, 5.74) is 1.34. The minimum absolute atomic E-state index is 0.101. The highest BCUT2D eigenvalue weighted by atomic mass is 16.5. The van der Waals surface area contributed by atoms with Crippen molar-refractivity contribution in [1.29, 1.82) is 0 Å². The lowest BCUT2D eigenvalue weighted by atomic mass is 9.99. The molecule has 3 heterocycles. The molecule has 1 saturated carbocycles. The number of furan rings is 1. The van der Waals surface area contributed by atoms with Crippen molar-refractivity contribution in [2.24, 2.45) is 5.92 Å². The number of fused-ring (bicyclic) bond motifs is 1. The minimum atomic E-state index is -0.106. The molecule has 1 fully saturated rings. The predicted molar refractivity (Wildman–Crippen MR) is 132 cm³/mol. The van der Waals surface area contributed by atoms with Gasteiger partial charge >= 0.3 is 0 Å². The molecule has 0 spiro atoms. The molecule has 1 aliphatic rings. The number of pyridine rings is 1. The quantitative estimate of drug-likeness (QED) is 0.376. The van der Waals surface area contributed by atoms with E-state index in [-0.39, 0.29) is 17.5 Å². The van der Waals surface area contributed by atoms with Crippen LogP contribution < -0.4 is 10.3 Å². The molecule has 9 heteroatoms. The third-order valence-electron chi connectivity index (χ3n) is 6.92. The standard InChI is InChI=1S/C26H32N6O3/c1-17(2)24(25-28-29-30-32(25)20-7-4-5-8-20)31(16-22-9-6-12-35-22)15-19-13-18-14-21(34-3)10-11-23(18)27-26(19)33/h6,9-14,17,20,24H,4-5,7-8,15-16H2,1-3H3,(H,27,33)/t24-/m1/s1. The number of ether oxygens (including phenoxy) is 1. The first-order valence-electron chi connectivity index (χ1n) is 12.3. The summed E-state index contributed by atoms with van der Waals surface area (Å²) in [4.78, 5) is 18.4. The Morgan fingerprint density at radius 1 is 1.20 bits per heavy atom. The van der Waals surface area contributed by atoms with Crippen LogP contribution in [0.2, 0.25) is 0 Å². The van der Waals surface area contributed by atoms with Gasteiger partial charge in [-0.3, -0.25) is 9.69 Å². The van der Waals surface area contributed by atoms with E-state index in [0.717, 1.165) is 41.1 Å². The average Bonchev–Trinajstić information content (AvgIpc) is 3.62. The second-order valence-corrected chi connectivity index (χ2v) is 9.67. The zero-order valence-electron chi connectivity index (χ0n) is 20.5. The molecule has 1 N–H and O–H groups in total. The summed E-state index contributed by atoms with van der Waals surface area (Å²) in [5.74, 6) is 2.63. The number of nitrogens with one attached hydrogen (secondary N) is 1. The van der Waals surface area contributed by atoms with Gasteiger partial charge in [0.15, 0.2) is 5.82 Å². The average molecular weight is 477 g/mol. The largest absolute Gasteiger partial charge is 0.497 e. The molecule has 3 aromatic heterocycles. The number of methoxy groups -OCH3 is 1. The summed E-state index contributed by atoms with van der Waals surface area (Å²) in [5, 5.41) is 13.9. The van der Waals surface area contributed by atoms with Crippen LogP contribution in [0.25, 0.3) is 10.9 Å². The van der Waals surface area contributed by atoms with Gasteiger partial charge in [0.2, 0.25) is 0 Å². The summed E-state index contributed by atoms with van der Waals surface area (Å²) in [6, 6.07) is 11.7. The normalized spacial score (nSPS) is 15.5. The Kier molecular flexibility index (Phi) is 6.68. The number of aromatic amines is 1. The van der Waals surface area contributed by atoms with Crippen molar-refractivity contribution in [3.05, 3.63) is 70.2 Å². The van der Waals surface area contributed by atoms with Crippen LogP contribution in [-0.2, 0) is 13.1 Å². The molecule has 0 aliphatic heterocycles. The van der Waals surface area contributed by atoms with Crippen molar-refractivity contribution >= 4 is 10.9 Å². The lowest BCUT2D eigenvalue weighted by Crippen LogP contribution is -2.35. The monoisotopic (exact) mass is 476 g/mol.